The third kappa shape index (κ3) is 10.3. The molecule has 12 rings (SSSR count). The lowest BCUT2D eigenvalue weighted by molar-refractivity contribution is 0.568. The van der Waals surface area contributed by atoms with Gasteiger partial charge in [-0.1, -0.05) is 264 Å². The first-order valence-corrected chi connectivity index (χ1v) is 30.6. The summed E-state index contributed by atoms with van der Waals surface area (Å²) >= 11 is 0. The van der Waals surface area contributed by atoms with E-state index >= 15 is 0 Å². The molecule has 0 aliphatic rings. The number of rotatable bonds is 7. The molecular formula is C82H86N2. The van der Waals surface area contributed by atoms with E-state index < -0.39 is 0 Å². The zero-order valence-corrected chi connectivity index (χ0v) is 53.4. The fourth-order valence-electron chi connectivity index (χ4n) is 12.6. The zero-order chi connectivity index (χ0) is 59.8. The maximum absolute atomic E-state index is 2.56. The first-order valence-electron chi connectivity index (χ1n) is 30.6. The van der Waals surface area contributed by atoms with Gasteiger partial charge in [0.15, 0.2) is 0 Å². The van der Waals surface area contributed by atoms with Gasteiger partial charge in [-0.3, -0.25) is 0 Å². The Bertz CT molecular complexity index is 4400. The van der Waals surface area contributed by atoms with Crippen LogP contribution in [0.25, 0.3) is 93.2 Å². The van der Waals surface area contributed by atoms with Crippen molar-refractivity contribution in [1.29, 1.82) is 0 Å². The van der Waals surface area contributed by atoms with E-state index in [4.69, 9.17) is 0 Å². The summed E-state index contributed by atoms with van der Waals surface area (Å²) in [6.45, 7) is 42.1. The van der Waals surface area contributed by atoms with Crippen molar-refractivity contribution in [3.8, 4) is 39.1 Å². The third-order valence-corrected chi connectivity index (χ3v) is 18.0. The van der Waals surface area contributed by atoms with Crippen molar-refractivity contribution >= 4 is 71.2 Å². The maximum Gasteiger partial charge on any atom is 0.0541 e. The van der Waals surface area contributed by atoms with Crippen molar-refractivity contribution in [2.24, 2.45) is 0 Å². The van der Waals surface area contributed by atoms with E-state index in [1.54, 1.807) is 0 Å². The number of fused-ring (bicyclic) bond motifs is 3. The lowest BCUT2D eigenvalue weighted by atomic mass is 9.78. The highest BCUT2D eigenvalue weighted by Crippen LogP contribution is 2.49. The average molecular weight is 1100 g/mol. The number of benzene rings is 11. The van der Waals surface area contributed by atoms with Crippen molar-refractivity contribution in [3.63, 3.8) is 0 Å². The van der Waals surface area contributed by atoms with Crippen molar-refractivity contribution in [2.75, 3.05) is 4.90 Å². The Morgan fingerprint density at radius 3 is 1.08 bits per heavy atom. The minimum absolute atomic E-state index is 0.00623. The molecule has 1 heterocycles. The molecule has 0 unspecified atom stereocenters. The fourth-order valence-corrected chi connectivity index (χ4v) is 12.6. The van der Waals surface area contributed by atoms with Crippen LogP contribution in [0.4, 0.5) is 17.1 Å². The van der Waals surface area contributed by atoms with Crippen LogP contribution < -0.4 is 4.90 Å². The predicted octanol–water partition coefficient (Wildman–Crippen LogP) is 23.9. The molecule has 0 bridgehead atoms. The molecule has 2 heteroatoms. The summed E-state index contributed by atoms with van der Waals surface area (Å²) in [5, 5.41) is 10.0. The van der Waals surface area contributed by atoms with Gasteiger partial charge in [-0.2, -0.15) is 0 Å². The van der Waals surface area contributed by atoms with Crippen LogP contribution >= 0.6 is 0 Å². The highest BCUT2D eigenvalue weighted by atomic mass is 15.1. The fraction of sp³-hybridized carbons (Fsp3) is 0.293. The molecule has 1 aromatic heterocycles. The molecule has 11 aromatic carbocycles. The van der Waals surface area contributed by atoms with Crippen LogP contribution in [0.3, 0.4) is 0 Å². The summed E-state index contributed by atoms with van der Waals surface area (Å²) in [4.78, 5) is 2.56. The van der Waals surface area contributed by atoms with Crippen LogP contribution in [-0.2, 0) is 32.5 Å². The molecule has 0 saturated carbocycles. The highest BCUT2D eigenvalue weighted by molar-refractivity contribution is 6.27. The minimum atomic E-state index is -0.142. The summed E-state index contributed by atoms with van der Waals surface area (Å²) in [5.74, 6) is 0. The van der Waals surface area contributed by atoms with Crippen molar-refractivity contribution in [3.05, 3.63) is 228 Å². The van der Waals surface area contributed by atoms with Crippen LogP contribution in [0.15, 0.2) is 194 Å². The number of nitrogens with zero attached hydrogens (tertiary/aromatic N) is 2. The van der Waals surface area contributed by atoms with Gasteiger partial charge in [0.25, 0.3) is 0 Å². The molecular weight excluding hydrogens is 1010 g/mol. The monoisotopic (exact) mass is 1100 g/mol. The molecule has 0 fully saturated rings. The van der Waals surface area contributed by atoms with E-state index in [1.165, 1.54) is 127 Å². The Kier molecular flexibility index (Phi) is 13.4. The lowest BCUT2D eigenvalue weighted by Gasteiger charge is -2.31. The second kappa shape index (κ2) is 19.8. The first kappa shape index (κ1) is 56.5. The highest BCUT2D eigenvalue weighted by Gasteiger charge is 2.28. The van der Waals surface area contributed by atoms with Crippen LogP contribution in [0.5, 0.6) is 0 Å². The summed E-state index contributed by atoms with van der Waals surface area (Å²) in [5.41, 5.74) is 22.2. The lowest BCUT2D eigenvalue weighted by Crippen LogP contribution is -2.17. The Labute approximate surface area is 501 Å². The SMILES string of the molecule is CC(C)(C)c1cc(-c2ccc(N(c3cc(-c4cc(C(C)(C)C)cc(C(C)(C)C)c4)cc(C(C)(C)C)c3)c3ccc4ccc5c(-n6c7ccccc7c7ccccc76)ccc6ccc3c4c65)cc2)cc(-c2cc(C(C)(C)C)cc(C(C)(C)C)c2)c1. The topological polar surface area (TPSA) is 8.17 Å². The Balaban J connectivity index is 1.10. The van der Waals surface area contributed by atoms with Crippen molar-refractivity contribution in [1.82, 2.24) is 4.57 Å². The number of para-hydroxylation sites is 2. The Morgan fingerprint density at radius 2 is 0.619 bits per heavy atom. The summed E-state index contributed by atoms with van der Waals surface area (Å²) in [6, 6.07) is 75.4. The number of aromatic nitrogens is 1. The first-order chi connectivity index (χ1) is 39.4. The smallest absolute Gasteiger partial charge is 0.0541 e. The quantitative estimate of drug-likeness (QED) is 0.144. The largest absolute Gasteiger partial charge is 0.310 e. The van der Waals surface area contributed by atoms with Crippen LogP contribution in [0.2, 0.25) is 0 Å². The van der Waals surface area contributed by atoms with E-state index in [0.717, 1.165) is 17.1 Å². The molecule has 0 atom stereocenters. The second-order valence-corrected chi connectivity index (χ2v) is 30.5. The molecule has 0 aliphatic carbocycles. The number of hydrogen-bond acceptors (Lipinski definition) is 1. The van der Waals surface area contributed by atoms with Crippen LogP contribution in [0, 0.1) is 0 Å². The second-order valence-electron chi connectivity index (χ2n) is 30.5. The van der Waals surface area contributed by atoms with Gasteiger partial charge in [-0.15, -0.1) is 0 Å². The number of anilines is 3. The van der Waals surface area contributed by atoms with Crippen molar-refractivity contribution in [2.45, 2.75) is 157 Å². The molecule has 0 spiro atoms. The Hall–Kier alpha value is -7.94. The molecule has 0 amide bonds. The van der Waals surface area contributed by atoms with E-state index in [0.29, 0.717) is 0 Å². The van der Waals surface area contributed by atoms with Gasteiger partial charge in [-0.05, 0) is 175 Å². The molecule has 0 aliphatic heterocycles. The van der Waals surface area contributed by atoms with Gasteiger partial charge in [0.05, 0.1) is 22.4 Å². The van der Waals surface area contributed by atoms with E-state index in [2.05, 4.69) is 328 Å². The minimum Gasteiger partial charge on any atom is -0.310 e. The van der Waals surface area contributed by atoms with Crippen molar-refractivity contribution < 1.29 is 0 Å². The van der Waals surface area contributed by atoms with E-state index in [-0.39, 0.29) is 32.5 Å². The molecule has 424 valence electrons. The zero-order valence-electron chi connectivity index (χ0n) is 53.4. The molecule has 2 nitrogen and oxygen atoms in total. The molecule has 0 radical (unpaired) electrons. The predicted molar refractivity (Wildman–Crippen MR) is 368 cm³/mol. The third-order valence-electron chi connectivity index (χ3n) is 18.0. The van der Waals surface area contributed by atoms with Crippen LogP contribution in [-0.4, -0.2) is 4.57 Å². The van der Waals surface area contributed by atoms with Gasteiger partial charge < -0.3 is 9.47 Å². The van der Waals surface area contributed by atoms with Gasteiger partial charge in [0.1, 0.15) is 0 Å². The normalized spacial score (nSPS) is 13.1. The standard InChI is InChI=1S/C82H86N2/c1-77(2,3)59-40-54(39-55(41-59)56-42-60(78(4,5)6)48-61(43-56)79(7,8)9)51-27-33-65(34-28-51)83(66-47-58(46-64(50-66)82(16,17)18)57-44-62(80(10,11)12)49-63(45-57)81(13,14)15)73-37-31-52-30-36-70-74(38-32-53-29-35-69(73)75(52)76(53)70)84-71-25-21-19-23-67(71)68-24-20-22-26-72(68)84/h19-50H,1-18H3. The van der Waals surface area contributed by atoms with E-state index in [9.17, 15) is 0 Å². The molecule has 0 N–H and O–H groups in total. The number of hydrogen-bond donors (Lipinski definition) is 0. The molecule has 0 saturated heterocycles. The van der Waals surface area contributed by atoms with Gasteiger partial charge in [0.2, 0.25) is 0 Å². The van der Waals surface area contributed by atoms with Gasteiger partial charge in [0, 0.05) is 32.9 Å². The molecule has 84 heavy (non-hydrogen) atoms. The maximum atomic E-state index is 2.56. The Morgan fingerprint density at radius 1 is 0.262 bits per heavy atom. The van der Waals surface area contributed by atoms with Gasteiger partial charge >= 0.3 is 0 Å². The summed E-state index contributed by atoms with van der Waals surface area (Å²) in [7, 11) is 0. The van der Waals surface area contributed by atoms with Crippen LogP contribution in [0.1, 0.15) is 158 Å². The molecule has 12 aromatic rings. The van der Waals surface area contributed by atoms with Gasteiger partial charge in [-0.25, -0.2) is 0 Å². The summed E-state index contributed by atoms with van der Waals surface area (Å²) < 4.78 is 2.48. The average Bonchev–Trinajstić information content (AvgIpc) is 1.20. The van der Waals surface area contributed by atoms with E-state index in [1.807, 2.05) is 0 Å². The summed E-state index contributed by atoms with van der Waals surface area (Å²) in [6.07, 6.45) is 0.